The first-order chi connectivity index (χ1) is 18.5. The van der Waals surface area contributed by atoms with Gasteiger partial charge < -0.3 is 9.47 Å². The van der Waals surface area contributed by atoms with Crippen molar-refractivity contribution in [2.45, 2.75) is 6.61 Å². The molecule has 0 aliphatic carbocycles. The number of nitrogens with one attached hydrogen (secondary N) is 1. The molecule has 0 saturated carbocycles. The standard InChI is InChI=1S/C30H21BrN2O4S/c31-26-18-21(11-16-27(26)36-19-20-7-3-1-4-8-20)17-25-28(34)32-30(38)33(29(25)35)22-12-14-24(15-13-22)37-23-9-5-2-6-10-23/h1-18H,19H2,(H,32,34,38)/b25-17+. The Kier molecular flexibility index (Phi) is 7.62. The van der Waals surface area contributed by atoms with Gasteiger partial charge in [0.2, 0.25) is 0 Å². The van der Waals surface area contributed by atoms with Gasteiger partial charge in [-0.25, -0.2) is 0 Å². The Morgan fingerprint density at radius 1 is 0.842 bits per heavy atom. The predicted molar refractivity (Wildman–Crippen MR) is 154 cm³/mol. The third kappa shape index (κ3) is 5.82. The molecule has 0 unspecified atom stereocenters. The van der Waals surface area contributed by atoms with Crippen LogP contribution in [-0.4, -0.2) is 16.9 Å². The number of nitrogens with zero attached hydrogens (tertiary/aromatic N) is 1. The van der Waals surface area contributed by atoms with E-state index < -0.39 is 11.8 Å². The number of amides is 2. The highest BCUT2D eigenvalue weighted by molar-refractivity contribution is 9.10. The Labute approximate surface area is 233 Å². The average Bonchev–Trinajstić information content (AvgIpc) is 2.92. The number of thiocarbonyl (C=S) groups is 1. The van der Waals surface area contributed by atoms with Gasteiger partial charge in [0.05, 0.1) is 10.2 Å². The number of carbonyl (C=O) groups is 2. The number of anilines is 1. The molecule has 0 bridgehead atoms. The number of halogens is 1. The van der Waals surface area contributed by atoms with E-state index in [9.17, 15) is 9.59 Å². The molecule has 38 heavy (non-hydrogen) atoms. The molecule has 0 radical (unpaired) electrons. The van der Waals surface area contributed by atoms with Crippen molar-refractivity contribution < 1.29 is 19.1 Å². The molecule has 1 aliphatic heterocycles. The first-order valence-electron chi connectivity index (χ1n) is 11.7. The lowest BCUT2D eigenvalue weighted by atomic mass is 10.1. The number of para-hydroxylation sites is 1. The van der Waals surface area contributed by atoms with Crippen LogP contribution in [-0.2, 0) is 16.2 Å². The van der Waals surface area contributed by atoms with Gasteiger partial charge in [-0.1, -0.05) is 54.6 Å². The van der Waals surface area contributed by atoms with Crippen LogP contribution in [0.3, 0.4) is 0 Å². The monoisotopic (exact) mass is 584 g/mol. The maximum Gasteiger partial charge on any atom is 0.270 e. The summed E-state index contributed by atoms with van der Waals surface area (Å²) in [4.78, 5) is 27.4. The van der Waals surface area contributed by atoms with Crippen LogP contribution in [0, 0.1) is 0 Å². The fourth-order valence-corrected chi connectivity index (χ4v) is 4.60. The van der Waals surface area contributed by atoms with Gasteiger partial charge in [-0.05, 0) is 93.9 Å². The number of hydrogen-bond acceptors (Lipinski definition) is 5. The van der Waals surface area contributed by atoms with Crippen molar-refractivity contribution in [3.63, 3.8) is 0 Å². The molecule has 5 rings (SSSR count). The summed E-state index contributed by atoms with van der Waals surface area (Å²) in [6.45, 7) is 0.419. The van der Waals surface area contributed by atoms with Crippen LogP contribution in [0.2, 0.25) is 0 Å². The van der Waals surface area contributed by atoms with E-state index in [4.69, 9.17) is 21.7 Å². The van der Waals surface area contributed by atoms with Crippen LogP contribution in [0.15, 0.2) is 113 Å². The van der Waals surface area contributed by atoms with E-state index in [0.29, 0.717) is 39.6 Å². The van der Waals surface area contributed by atoms with Crippen LogP contribution in [0.5, 0.6) is 17.2 Å². The first-order valence-corrected chi connectivity index (χ1v) is 12.9. The van der Waals surface area contributed by atoms with Crippen LogP contribution >= 0.6 is 28.1 Å². The van der Waals surface area contributed by atoms with Crippen LogP contribution in [0.4, 0.5) is 5.69 Å². The second-order valence-corrected chi connectivity index (χ2v) is 9.57. The van der Waals surface area contributed by atoms with Gasteiger partial charge >= 0.3 is 0 Å². The summed E-state index contributed by atoms with van der Waals surface area (Å²) in [7, 11) is 0. The summed E-state index contributed by atoms with van der Waals surface area (Å²) in [6, 6.07) is 31.5. The number of hydrogen-bond donors (Lipinski definition) is 1. The number of carbonyl (C=O) groups excluding carboxylic acids is 2. The van der Waals surface area contributed by atoms with E-state index in [1.807, 2.05) is 60.7 Å². The Bertz CT molecular complexity index is 1520. The maximum atomic E-state index is 13.4. The van der Waals surface area contributed by atoms with Gasteiger partial charge in [-0.2, -0.15) is 0 Å². The largest absolute Gasteiger partial charge is 0.488 e. The lowest BCUT2D eigenvalue weighted by molar-refractivity contribution is -0.122. The fourth-order valence-electron chi connectivity index (χ4n) is 3.81. The molecule has 4 aromatic carbocycles. The summed E-state index contributed by atoms with van der Waals surface area (Å²) in [6.07, 6.45) is 1.53. The molecule has 2 amide bonds. The Balaban J connectivity index is 1.33. The summed E-state index contributed by atoms with van der Waals surface area (Å²) in [5.41, 5.74) is 2.18. The predicted octanol–water partition coefficient (Wildman–Crippen LogP) is 6.65. The molecule has 4 aromatic rings. The number of rotatable bonds is 7. The highest BCUT2D eigenvalue weighted by atomic mass is 79.9. The zero-order chi connectivity index (χ0) is 26.5. The minimum Gasteiger partial charge on any atom is -0.488 e. The lowest BCUT2D eigenvalue weighted by Crippen LogP contribution is -2.54. The van der Waals surface area contributed by atoms with Crippen molar-refractivity contribution in [1.82, 2.24) is 5.32 Å². The van der Waals surface area contributed by atoms with Gasteiger partial charge in [-0.3, -0.25) is 19.8 Å². The Morgan fingerprint density at radius 3 is 2.18 bits per heavy atom. The zero-order valence-electron chi connectivity index (χ0n) is 20.0. The van der Waals surface area contributed by atoms with Crippen molar-refractivity contribution in [1.29, 1.82) is 0 Å². The Hall–Kier alpha value is -4.27. The van der Waals surface area contributed by atoms with E-state index >= 15 is 0 Å². The van der Waals surface area contributed by atoms with E-state index in [1.54, 1.807) is 42.5 Å². The average molecular weight is 585 g/mol. The molecule has 8 heteroatoms. The van der Waals surface area contributed by atoms with Crippen LogP contribution in [0.1, 0.15) is 11.1 Å². The Morgan fingerprint density at radius 2 is 1.50 bits per heavy atom. The van der Waals surface area contributed by atoms with E-state index in [-0.39, 0.29) is 10.7 Å². The molecule has 1 N–H and O–H groups in total. The lowest BCUT2D eigenvalue weighted by Gasteiger charge is -2.29. The van der Waals surface area contributed by atoms with Gasteiger partial charge in [0.1, 0.15) is 29.4 Å². The SMILES string of the molecule is O=C1NC(=S)N(c2ccc(Oc3ccccc3)cc2)C(=O)/C1=C/c1ccc(OCc2ccccc2)c(Br)c1. The molecular weight excluding hydrogens is 564 g/mol. The van der Waals surface area contributed by atoms with Crippen molar-refractivity contribution in [2.24, 2.45) is 0 Å². The number of benzene rings is 4. The third-order valence-corrected chi connectivity index (χ3v) is 6.58. The molecular formula is C30H21BrN2O4S. The minimum absolute atomic E-state index is 0.0136. The smallest absolute Gasteiger partial charge is 0.270 e. The molecule has 0 aromatic heterocycles. The normalized spacial score (nSPS) is 14.4. The first kappa shape index (κ1) is 25.4. The molecule has 1 heterocycles. The maximum absolute atomic E-state index is 13.4. The summed E-state index contributed by atoms with van der Waals surface area (Å²) < 4.78 is 12.4. The fraction of sp³-hybridized carbons (Fsp3) is 0.0333. The van der Waals surface area contributed by atoms with Gasteiger partial charge in [-0.15, -0.1) is 0 Å². The van der Waals surface area contributed by atoms with Gasteiger partial charge in [0, 0.05) is 0 Å². The molecule has 1 fully saturated rings. The van der Waals surface area contributed by atoms with Crippen molar-refractivity contribution >= 4 is 56.8 Å². The highest BCUT2D eigenvalue weighted by Gasteiger charge is 2.34. The second-order valence-electron chi connectivity index (χ2n) is 8.33. The topological polar surface area (TPSA) is 67.9 Å². The molecule has 188 valence electrons. The molecule has 1 saturated heterocycles. The van der Waals surface area contributed by atoms with Crippen molar-refractivity contribution in [2.75, 3.05) is 4.90 Å². The minimum atomic E-state index is -0.555. The third-order valence-electron chi connectivity index (χ3n) is 5.68. The quantitative estimate of drug-likeness (QED) is 0.150. The summed E-state index contributed by atoms with van der Waals surface area (Å²) in [5, 5.41) is 2.62. The summed E-state index contributed by atoms with van der Waals surface area (Å²) >= 11 is 8.84. The van der Waals surface area contributed by atoms with E-state index in [2.05, 4.69) is 21.2 Å². The van der Waals surface area contributed by atoms with Gasteiger partial charge in [0.25, 0.3) is 11.8 Å². The van der Waals surface area contributed by atoms with Gasteiger partial charge in [0.15, 0.2) is 5.11 Å². The van der Waals surface area contributed by atoms with Crippen LogP contribution in [0.25, 0.3) is 6.08 Å². The number of ether oxygens (including phenoxy) is 2. The molecule has 6 nitrogen and oxygen atoms in total. The van der Waals surface area contributed by atoms with Crippen LogP contribution < -0.4 is 19.7 Å². The second kappa shape index (κ2) is 11.4. The molecule has 0 atom stereocenters. The highest BCUT2D eigenvalue weighted by Crippen LogP contribution is 2.30. The summed E-state index contributed by atoms with van der Waals surface area (Å²) in [5.74, 6) is 0.882. The zero-order valence-corrected chi connectivity index (χ0v) is 22.4. The molecule has 1 aliphatic rings. The van der Waals surface area contributed by atoms with Crippen molar-refractivity contribution in [3.05, 3.63) is 124 Å². The molecule has 0 spiro atoms. The van der Waals surface area contributed by atoms with E-state index in [1.165, 1.54) is 11.0 Å². The van der Waals surface area contributed by atoms with E-state index in [0.717, 1.165) is 5.56 Å². The van der Waals surface area contributed by atoms with Crippen molar-refractivity contribution in [3.8, 4) is 17.2 Å².